The highest BCUT2D eigenvalue weighted by molar-refractivity contribution is 5.83. The summed E-state index contributed by atoms with van der Waals surface area (Å²) in [5.41, 5.74) is 1.58. The Kier molecular flexibility index (Phi) is 4.81. The summed E-state index contributed by atoms with van der Waals surface area (Å²) in [6, 6.07) is 10.4. The molecule has 1 atom stereocenters. The molecule has 1 aromatic carbocycles. The van der Waals surface area contributed by atoms with E-state index in [1.807, 2.05) is 11.0 Å². The molecule has 1 amide bonds. The van der Waals surface area contributed by atoms with Gasteiger partial charge in [-0.1, -0.05) is 51.1 Å². The van der Waals surface area contributed by atoms with Crippen molar-refractivity contribution in [1.29, 1.82) is 0 Å². The molecule has 2 rings (SSSR count). The summed E-state index contributed by atoms with van der Waals surface area (Å²) in [4.78, 5) is 14.3. The summed E-state index contributed by atoms with van der Waals surface area (Å²) < 4.78 is 0. The molecule has 1 saturated heterocycles. The van der Waals surface area contributed by atoms with Crippen LogP contribution in [0.2, 0.25) is 0 Å². The van der Waals surface area contributed by atoms with Gasteiger partial charge in [0.2, 0.25) is 5.91 Å². The van der Waals surface area contributed by atoms with E-state index in [1.165, 1.54) is 5.56 Å². The maximum absolute atomic E-state index is 12.3. The van der Waals surface area contributed by atoms with Crippen molar-refractivity contribution in [2.45, 2.75) is 46.1 Å². The number of rotatable bonds is 5. The molecule has 1 heterocycles. The maximum atomic E-state index is 12.3. The first-order chi connectivity index (χ1) is 9.46. The van der Waals surface area contributed by atoms with Crippen molar-refractivity contribution in [3.05, 3.63) is 35.9 Å². The van der Waals surface area contributed by atoms with Crippen LogP contribution in [0.1, 0.15) is 39.2 Å². The lowest BCUT2D eigenvalue weighted by Crippen LogP contribution is -2.32. The van der Waals surface area contributed by atoms with Crippen LogP contribution < -0.4 is 5.32 Å². The Hall–Kier alpha value is -1.35. The molecule has 1 aliphatic rings. The molecule has 0 bridgehead atoms. The molecular formula is C17H26N2O. The molecule has 0 spiro atoms. The van der Waals surface area contributed by atoms with Gasteiger partial charge in [-0.15, -0.1) is 0 Å². The molecule has 0 saturated carbocycles. The molecule has 0 aromatic heterocycles. The molecule has 1 N–H and O–H groups in total. The zero-order chi connectivity index (χ0) is 14.6. The van der Waals surface area contributed by atoms with E-state index in [1.54, 1.807) is 0 Å². The second kappa shape index (κ2) is 6.40. The third-order valence-electron chi connectivity index (χ3n) is 3.83. The van der Waals surface area contributed by atoms with E-state index >= 15 is 0 Å². The first kappa shape index (κ1) is 15.0. The molecule has 1 fully saturated rings. The van der Waals surface area contributed by atoms with Crippen LogP contribution in [0.3, 0.4) is 0 Å². The van der Waals surface area contributed by atoms with E-state index < -0.39 is 0 Å². The monoisotopic (exact) mass is 274 g/mol. The lowest BCUT2D eigenvalue weighted by molar-refractivity contribution is -0.129. The normalized spacial score (nSPS) is 19.6. The zero-order valence-electron chi connectivity index (χ0n) is 12.9. The fraction of sp³-hybridized carbons (Fsp3) is 0.588. The Bertz CT molecular complexity index is 436. The summed E-state index contributed by atoms with van der Waals surface area (Å²) in [6.45, 7) is 8.21. The standard InChI is InChI=1S/C17H26N2O/c1-17(2,3)11-12-19-13-18-15(16(19)20)10-9-14-7-5-4-6-8-14/h4-8,15,18H,9-13H2,1-3H3. The average Bonchev–Trinajstić information content (AvgIpc) is 2.75. The highest BCUT2D eigenvalue weighted by Gasteiger charge is 2.30. The van der Waals surface area contributed by atoms with Gasteiger partial charge in [0.15, 0.2) is 0 Å². The molecule has 3 nitrogen and oxygen atoms in total. The van der Waals surface area contributed by atoms with E-state index in [4.69, 9.17) is 0 Å². The number of hydrogen-bond acceptors (Lipinski definition) is 2. The van der Waals surface area contributed by atoms with Crippen LogP contribution in [0, 0.1) is 5.41 Å². The van der Waals surface area contributed by atoms with Gasteiger partial charge in [0.05, 0.1) is 12.7 Å². The minimum atomic E-state index is -0.00447. The van der Waals surface area contributed by atoms with Crippen LogP contribution in [0.15, 0.2) is 30.3 Å². The minimum Gasteiger partial charge on any atom is -0.329 e. The highest BCUT2D eigenvalue weighted by atomic mass is 16.2. The second-order valence-corrected chi connectivity index (χ2v) is 6.85. The lowest BCUT2D eigenvalue weighted by atomic mass is 9.92. The number of carbonyl (C=O) groups excluding carboxylic acids is 1. The maximum Gasteiger partial charge on any atom is 0.240 e. The molecule has 0 aliphatic carbocycles. The van der Waals surface area contributed by atoms with Crippen molar-refractivity contribution in [2.24, 2.45) is 5.41 Å². The number of benzene rings is 1. The predicted molar refractivity (Wildman–Crippen MR) is 82.3 cm³/mol. The summed E-state index contributed by atoms with van der Waals surface area (Å²) in [6.07, 6.45) is 2.89. The third kappa shape index (κ3) is 4.34. The Morgan fingerprint density at radius 1 is 1.25 bits per heavy atom. The third-order valence-corrected chi connectivity index (χ3v) is 3.83. The number of nitrogens with one attached hydrogen (secondary N) is 1. The Morgan fingerprint density at radius 2 is 1.95 bits per heavy atom. The van der Waals surface area contributed by atoms with Gasteiger partial charge >= 0.3 is 0 Å². The van der Waals surface area contributed by atoms with Crippen LogP contribution in [0.4, 0.5) is 0 Å². The molecule has 1 unspecified atom stereocenters. The molecule has 3 heteroatoms. The summed E-state index contributed by atoms with van der Waals surface area (Å²) in [7, 11) is 0. The van der Waals surface area contributed by atoms with Crippen LogP contribution in [-0.2, 0) is 11.2 Å². The largest absolute Gasteiger partial charge is 0.329 e. The Morgan fingerprint density at radius 3 is 2.60 bits per heavy atom. The fourth-order valence-electron chi connectivity index (χ4n) is 2.45. The predicted octanol–water partition coefficient (Wildman–Crippen LogP) is 2.81. The van der Waals surface area contributed by atoms with Gasteiger partial charge in [-0.05, 0) is 30.2 Å². The summed E-state index contributed by atoms with van der Waals surface area (Å²) >= 11 is 0. The van der Waals surface area contributed by atoms with Crippen molar-refractivity contribution >= 4 is 5.91 Å². The molecule has 0 radical (unpaired) electrons. The molecule has 1 aromatic rings. The van der Waals surface area contributed by atoms with Crippen LogP contribution in [0.5, 0.6) is 0 Å². The van der Waals surface area contributed by atoms with Gasteiger partial charge in [0, 0.05) is 6.54 Å². The van der Waals surface area contributed by atoms with Crippen molar-refractivity contribution in [2.75, 3.05) is 13.2 Å². The van der Waals surface area contributed by atoms with E-state index in [2.05, 4.69) is 50.4 Å². The second-order valence-electron chi connectivity index (χ2n) is 6.85. The Labute approximate surface area is 122 Å². The van der Waals surface area contributed by atoms with Crippen LogP contribution in [-0.4, -0.2) is 30.1 Å². The number of carbonyl (C=O) groups is 1. The van der Waals surface area contributed by atoms with E-state index in [0.29, 0.717) is 6.67 Å². The van der Waals surface area contributed by atoms with Gasteiger partial charge in [0.1, 0.15) is 0 Å². The number of hydrogen-bond donors (Lipinski definition) is 1. The number of nitrogens with zero attached hydrogens (tertiary/aromatic N) is 1. The molecular weight excluding hydrogens is 248 g/mol. The summed E-state index contributed by atoms with van der Waals surface area (Å²) in [5.74, 6) is 0.269. The first-order valence-electron chi connectivity index (χ1n) is 7.52. The molecule has 1 aliphatic heterocycles. The first-order valence-corrected chi connectivity index (χ1v) is 7.52. The fourth-order valence-corrected chi connectivity index (χ4v) is 2.45. The van der Waals surface area contributed by atoms with E-state index in [0.717, 1.165) is 25.8 Å². The molecule has 110 valence electrons. The topological polar surface area (TPSA) is 32.3 Å². The quantitative estimate of drug-likeness (QED) is 0.895. The van der Waals surface area contributed by atoms with E-state index in [-0.39, 0.29) is 17.4 Å². The lowest BCUT2D eigenvalue weighted by Gasteiger charge is -2.22. The highest BCUT2D eigenvalue weighted by Crippen LogP contribution is 2.20. The van der Waals surface area contributed by atoms with Crippen LogP contribution >= 0.6 is 0 Å². The van der Waals surface area contributed by atoms with Crippen LogP contribution in [0.25, 0.3) is 0 Å². The number of amides is 1. The van der Waals surface area contributed by atoms with Gasteiger partial charge in [-0.3, -0.25) is 10.1 Å². The summed E-state index contributed by atoms with van der Waals surface area (Å²) in [5, 5.41) is 3.34. The number of aryl methyl sites for hydroxylation is 1. The zero-order valence-corrected chi connectivity index (χ0v) is 12.9. The molecule has 20 heavy (non-hydrogen) atoms. The van der Waals surface area contributed by atoms with E-state index in [9.17, 15) is 4.79 Å². The van der Waals surface area contributed by atoms with Crippen molar-refractivity contribution < 1.29 is 4.79 Å². The minimum absolute atomic E-state index is 0.00447. The average molecular weight is 274 g/mol. The SMILES string of the molecule is CC(C)(C)CCN1CNC(CCc2ccccc2)C1=O. The van der Waals surface area contributed by atoms with Crippen molar-refractivity contribution in [3.63, 3.8) is 0 Å². The van der Waals surface area contributed by atoms with Crippen molar-refractivity contribution in [1.82, 2.24) is 10.2 Å². The van der Waals surface area contributed by atoms with Gasteiger partial charge in [-0.2, -0.15) is 0 Å². The van der Waals surface area contributed by atoms with Gasteiger partial charge in [0.25, 0.3) is 0 Å². The van der Waals surface area contributed by atoms with Gasteiger partial charge in [-0.25, -0.2) is 0 Å². The smallest absolute Gasteiger partial charge is 0.240 e. The Balaban J connectivity index is 1.79. The van der Waals surface area contributed by atoms with Gasteiger partial charge < -0.3 is 4.90 Å². The van der Waals surface area contributed by atoms with Crippen molar-refractivity contribution in [3.8, 4) is 0 Å².